The highest BCUT2D eigenvalue weighted by atomic mass is 32.2. The van der Waals surface area contributed by atoms with Crippen LogP contribution in [0.25, 0.3) is 0 Å². The van der Waals surface area contributed by atoms with E-state index in [1.165, 1.54) is 12.3 Å². The minimum atomic E-state index is -3.63. The molecular formula is C13H18N2O4S. The van der Waals surface area contributed by atoms with Crippen molar-refractivity contribution in [3.8, 4) is 0 Å². The van der Waals surface area contributed by atoms with Crippen molar-refractivity contribution < 1.29 is 18.3 Å². The Morgan fingerprint density at radius 2 is 2.15 bits per heavy atom. The SMILES string of the molecule is O=S(=O)(NC1CCOC1C1CC1)c1ccc(CO)cn1. The van der Waals surface area contributed by atoms with Gasteiger partial charge in [-0.25, -0.2) is 18.1 Å². The molecule has 0 spiro atoms. The van der Waals surface area contributed by atoms with Crippen molar-refractivity contribution >= 4 is 10.0 Å². The fourth-order valence-electron chi connectivity index (χ4n) is 2.55. The number of pyridine rings is 1. The molecular weight excluding hydrogens is 280 g/mol. The molecule has 7 heteroatoms. The van der Waals surface area contributed by atoms with Crippen LogP contribution in [0.3, 0.4) is 0 Å². The molecule has 2 unspecified atom stereocenters. The van der Waals surface area contributed by atoms with Crippen molar-refractivity contribution in [3.05, 3.63) is 23.9 Å². The van der Waals surface area contributed by atoms with Gasteiger partial charge in [0.1, 0.15) is 0 Å². The van der Waals surface area contributed by atoms with Crippen molar-refractivity contribution in [1.29, 1.82) is 0 Å². The third-order valence-corrected chi connectivity index (χ3v) is 5.19. The smallest absolute Gasteiger partial charge is 0.258 e. The van der Waals surface area contributed by atoms with Crippen LogP contribution < -0.4 is 4.72 Å². The lowest BCUT2D eigenvalue weighted by molar-refractivity contribution is 0.0848. The predicted octanol–water partition coefficient (Wildman–Crippen LogP) is 0.420. The molecule has 2 atom stereocenters. The Kier molecular flexibility index (Phi) is 3.76. The lowest BCUT2D eigenvalue weighted by Gasteiger charge is -2.19. The number of ether oxygens (including phenoxy) is 1. The van der Waals surface area contributed by atoms with E-state index < -0.39 is 10.0 Å². The van der Waals surface area contributed by atoms with Crippen LogP contribution >= 0.6 is 0 Å². The Hall–Kier alpha value is -1.02. The standard InChI is InChI=1S/C13H18N2O4S/c16-8-9-1-4-12(14-7-9)20(17,18)15-11-5-6-19-13(11)10-2-3-10/h1,4,7,10-11,13,15-16H,2-3,5-6,8H2. The van der Waals surface area contributed by atoms with Crippen molar-refractivity contribution in [2.24, 2.45) is 5.92 Å². The van der Waals surface area contributed by atoms with Crippen LogP contribution in [0.15, 0.2) is 23.4 Å². The molecule has 2 N–H and O–H groups in total. The number of hydrogen-bond acceptors (Lipinski definition) is 5. The molecule has 1 aliphatic heterocycles. The van der Waals surface area contributed by atoms with Crippen LogP contribution in [-0.4, -0.2) is 37.3 Å². The minimum Gasteiger partial charge on any atom is -0.392 e. The van der Waals surface area contributed by atoms with Crippen LogP contribution in [0.4, 0.5) is 0 Å². The molecule has 20 heavy (non-hydrogen) atoms. The molecule has 2 fully saturated rings. The molecule has 1 aromatic rings. The number of aliphatic hydroxyl groups excluding tert-OH is 1. The topological polar surface area (TPSA) is 88.5 Å². The Labute approximate surface area is 118 Å². The van der Waals surface area contributed by atoms with Gasteiger partial charge in [0, 0.05) is 12.8 Å². The largest absolute Gasteiger partial charge is 0.392 e. The van der Waals surface area contributed by atoms with E-state index in [0.29, 0.717) is 24.5 Å². The van der Waals surface area contributed by atoms with E-state index in [-0.39, 0.29) is 23.8 Å². The van der Waals surface area contributed by atoms with Crippen molar-refractivity contribution in [2.45, 2.75) is 43.0 Å². The van der Waals surface area contributed by atoms with E-state index in [4.69, 9.17) is 9.84 Å². The van der Waals surface area contributed by atoms with Crippen LogP contribution in [0, 0.1) is 5.92 Å². The third-order valence-electron chi connectivity index (χ3n) is 3.78. The van der Waals surface area contributed by atoms with Gasteiger partial charge in [-0.1, -0.05) is 6.07 Å². The summed E-state index contributed by atoms with van der Waals surface area (Å²) in [5.41, 5.74) is 0.587. The van der Waals surface area contributed by atoms with Gasteiger partial charge >= 0.3 is 0 Å². The molecule has 6 nitrogen and oxygen atoms in total. The first kappa shape index (κ1) is 13.9. The maximum absolute atomic E-state index is 12.3. The van der Waals surface area contributed by atoms with Crippen LogP contribution in [-0.2, 0) is 21.4 Å². The number of sulfonamides is 1. The van der Waals surface area contributed by atoms with E-state index >= 15 is 0 Å². The highest BCUT2D eigenvalue weighted by molar-refractivity contribution is 7.89. The van der Waals surface area contributed by atoms with Gasteiger partial charge in [-0.05, 0) is 36.8 Å². The highest BCUT2D eigenvalue weighted by Crippen LogP contribution is 2.39. The van der Waals surface area contributed by atoms with E-state index in [1.54, 1.807) is 6.07 Å². The van der Waals surface area contributed by atoms with Gasteiger partial charge in [0.25, 0.3) is 10.0 Å². The number of nitrogens with one attached hydrogen (secondary N) is 1. The van der Waals surface area contributed by atoms with E-state index in [0.717, 1.165) is 12.8 Å². The number of aromatic nitrogens is 1. The minimum absolute atomic E-state index is 0.00138. The Bertz CT molecular complexity index is 569. The molecule has 0 bridgehead atoms. The van der Waals surface area contributed by atoms with Gasteiger partial charge in [-0.15, -0.1) is 0 Å². The van der Waals surface area contributed by atoms with Gasteiger partial charge in [0.05, 0.1) is 18.8 Å². The number of hydrogen-bond donors (Lipinski definition) is 2. The fraction of sp³-hybridized carbons (Fsp3) is 0.615. The summed E-state index contributed by atoms with van der Waals surface area (Å²) in [6.07, 6.45) is 4.31. The highest BCUT2D eigenvalue weighted by Gasteiger charge is 2.42. The molecule has 2 aliphatic rings. The van der Waals surface area contributed by atoms with E-state index in [1.807, 2.05) is 0 Å². The molecule has 1 aliphatic carbocycles. The van der Waals surface area contributed by atoms with Gasteiger partial charge in [0.15, 0.2) is 5.03 Å². The Morgan fingerprint density at radius 1 is 1.35 bits per heavy atom. The van der Waals surface area contributed by atoms with Crippen molar-refractivity contribution in [2.75, 3.05) is 6.61 Å². The molecule has 1 aromatic heterocycles. The first-order chi connectivity index (χ1) is 9.60. The second kappa shape index (κ2) is 5.40. The Morgan fingerprint density at radius 3 is 2.75 bits per heavy atom. The number of nitrogens with zero attached hydrogens (tertiary/aromatic N) is 1. The third kappa shape index (κ3) is 2.85. The normalized spacial score (nSPS) is 26.9. The summed E-state index contributed by atoms with van der Waals surface area (Å²) in [7, 11) is -3.63. The van der Waals surface area contributed by atoms with Crippen LogP contribution in [0.2, 0.25) is 0 Å². The maximum Gasteiger partial charge on any atom is 0.258 e. The lowest BCUT2D eigenvalue weighted by atomic mass is 10.1. The first-order valence-electron chi connectivity index (χ1n) is 6.80. The molecule has 3 rings (SSSR count). The summed E-state index contributed by atoms with van der Waals surface area (Å²) in [6, 6.07) is 2.81. The van der Waals surface area contributed by atoms with Gasteiger partial charge in [-0.2, -0.15) is 0 Å². The molecule has 0 amide bonds. The summed E-state index contributed by atoms with van der Waals surface area (Å²) >= 11 is 0. The molecule has 0 aromatic carbocycles. The summed E-state index contributed by atoms with van der Waals surface area (Å²) in [5.74, 6) is 0.495. The summed E-state index contributed by atoms with van der Waals surface area (Å²) in [6.45, 7) is 0.451. The molecule has 1 saturated heterocycles. The average molecular weight is 298 g/mol. The lowest BCUT2D eigenvalue weighted by Crippen LogP contribution is -2.41. The van der Waals surface area contributed by atoms with Gasteiger partial charge < -0.3 is 9.84 Å². The number of rotatable bonds is 5. The van der Waals surface area contributed by atoms with E-state index in [2.05, 4.69) is 9.71 Å². The van der Waals surface area contributed by atoms with Crippen LogP contribution in [0.5, 0.6) is 0 Å². The second-order valence-electron chi connectivity index (χ2n) is 5.35. The fourth-order valence-corrected chi connectivity index (χ4v) is 3.76. The summed E-state index contributed by atoms with van der Waals surface area (Å²) in [4.78, 5) is 3.90. The zero-order chi connectivity index (χ0) is 14.2. The van der Waals surface area contributed by atoms with Gasteiger partial charge in [0.2, 0.25) is 0 Å². The summed E-state index contributed by atoms with van der Waals surface area (Å²) < 4.78 is 32.9. The quantitative estimate of drug-likeness (QED) is 0.822. The summed E-state index contributed by atoms with van der Waals surface area (Å²) in [5, 5.41) is 8.92. The van der Waals surface area contributed by atoms with Crippen LogP contribution in [0.1, 0.15) is 24.8 Å². The predicted molar refractivity (Wildman–Crippen MR) is 71.4 cm³/mol. The van der Waals surface area contributed by atoms with Gasteiger partial charge in [-0.3, -0.25) is 0 Å². The molecule has 2 heterocycles. The zero-order valence-corrected chi connectivity index (χ0v) is 11.8. The molecule has 110 valence electrons. The van der Waals surface area contributed by atoms with Crippen molar-refractivity contribution in [3.63, 3.8) is 0 Å². The van der Waals surface area contributed by atoms with E-state index in [9.17, 15) is 8.42 Å². The Balaban J connectivity index is 1.73. The molecule has 0 radical (unpaired) electrons. The average Bonchev–Trinajstić information content (AvgIpc) is 3.19. The number of aliphatic hydroxyl groups is 1. The second-order valence-corrected chi connectivity index (χ2v) is 7.01. The maximum atomic E-state index is 12.3. The van der Waals surface area contributed by atoms with Crippen molar-refractivity contribution in [1.82, 2.24) is 9.71 Å². The first-order valence-corrected chi connectivity index (χ1v) is 8.28. The monoisotopic (exact) mass is 298 g/mol. The molecule has 1 saturated carbocycles. The zero-order valence-electron chi connectivity index (χ0n) is 11.0.